The number of hydrogen-bond donors (Lipinski definition) is 0. The van der Waals surface area contributed by atoms with Gasteiger partial charge in [-0.3, -0.25) is 0 Å². The fraction of sp³-hybridized carbons (Fsp3) is 0.333. The number of fused-ring (bicyclic) bond motifs is 1. The smallest absolute Gasteiger partial charge is 0.193 e. The lowest BCUT2D eigenvalue weighted by Crippen LogP contribution is -2.08. The van der Waals surface area contributed by atoms with Crippen molar-refractivity contribution in [3.05, 3.63) is 35.4 Å². The summed E-state index contributed by atoms with van der Waals surface area (Å²) < 4.78 is 47.3. The van der Waals surface area contributed by atoms with Gasteiger partial charge in [-0.15, -0.1) is 0 Å². The lowest BCUT2D eigenvalue weighted by Gasteiger charge is -2.10. The zero-order valence-electron chi connectivity index (χ0n) is 12.8. The molecule has 2 aromatic rings. The molecular weight excluding hydrogens is 336 g/mol. The second kappa shape index (κ2) is 5.38. The zero-order valence-corrected chi connectivity index (χ0v) is 14.4. The molecule has 0 aliphatic heterocycles. The molecule has 2 heterocycles. The van der Waals surface area contributed by atoms with Gasteiger partial charge in [-0.05, 0) is 48.6 Å². The van der Waals surface area contributed by atoms with Gasteiger partial charge in [0.1, 0.15) is 0 Å². The van der Waals surface area contributed by atoms with E-state index in [4.69, 9.17) is 0 Å². The van der Waals surface area contributed by atoms with Gasteiger partial charge in [-0.2, -0.15) is 0 Å². The first-order valence-electron chi connectivity index (χ1n) is 7.06. The first-order chi connectivity index (χ1) is 10.7. The fourth-order valence-corrected chi connectivity index (χ4v) is 4.28. The van der Waals surface area contributed by atoms with Crippen LogP contribution in [0.15, 0.2) is 34.3 Å². The highest BCUT2D eigenvalue weighted by Crippen LogP contribution is 2.31. The number of pyridine rings is 2. The van der Waals surface area contributed by atoms with Crippen molar-refractivity contribution in [1.29, 1.82) is 0 Å². The molecule has 2 aromatic heterocycles. The summed E-state index contributed by atoms with van der Waals surface area (Å²) in [6.07, 6.45) is 4.59. The summed E-state index contributed by atoms with van der Waals surface area (Å²) in [5.74, 6) is 0. The van der Waals surface area contributed by atoms with Crippen molar-refractivity contribution in [3.63, 3.8) is 0 Å². The summed E-state index contributed by atoms with van der Waals surface area (Å²) in [4.78, 5) is 8.38. The maximum absolute atomic E-state index is 12.0. The minimum absolute atomic E-state index is 0.0572. The van der Waals surface area contributed by atoms with Crippen molar-refractivity contribution in [2.24, 2.45) is 0 Å². The van der Waals surface area contributed by atoms with Crippen molar-refractivity contribution >= 4 is 19.7 Å². The molecule has 0 aromatic carbocycles. The summed E-state index contributed by atoms with van der Waals surface area (Å²) >= 11 is 0. The van der Waals surface area contributed by atoms with Crippen LogP contribution in [0.5, 0.6) is 0 Å². The molecule has 0 unspecified atom stereocenters. The first kappa shape index (κ1) is 16.1. The van der Waals surface area contributed by atoms with Crippen molar-refractivity contribution in [2.75, 3.05) is 12.5 Å². The molecule has 0 spiro atoms. The van der Waals surface area contributed by atoms with E-state index in [0.29, 0.717) is 17.8 Å². The predicted molar refractivity (Wildman–Crippen MR) is 85.7 cm³/mol. The third kappa shape index (κ3) is 3.13. The fourth-order valence-electron chi connectivity index (χ4n) is 2.75. The second-order valence-electron chi connectivity index (χ2n) is 5.71. The van der Waals surface area contributed by atoms with Gasteiger partial charge in [0.25, 0.3) is 0 Å². The molecule has 6 nitrogen and oxygen atoms in total. The monoisotopic (exact) mass is 352 g/mol. The van der Waals surface area contributed by atoms with Gasteiger partial charge in [0.15, 0.2) is 29.7 Å². The third-order valence-corrected chi connectivity index (χ3v) is 5.80. The highest BCUT2D eigenvalue weighted by molar-refractivity contribution is 7.90. The van der Waals surface area contributed by atoms with Gasteiger partial charge >= 0.3 is 0 Å². The van der Waals surface area contributed by atoms with Crippen LogP contribution in [0.4, 0.5) is 0 Å². The SMILES string of the molecule is CS(=O)(=O)c1cccc(-c2cc3c(c(S(C)(=O)=O)n2)CCC3)n1. The first-order valence-corrected chi connectivity index (χ1v) is 10.8. The van der Waals surface area contributed by atoms with Gasteiger partial charge in [-0.25, -0.2) is 26.8 Å². The van der Waals surface area contributed by atoms with Crippen LogP contribution in [0.25, 0.3) is 11.4 Å². The van der Waals surface area contributed by atoms with Crippen LogP contribution in [0.3, 0.4) is 0 Å². The van der Waals surface area contributed by atoms with Crippen LogP contribution < -0.4 is 0 Å². The quantitative estimate of drug-likeness (QED) is 0.830. The Morgan fingerprint density at radius 3 is 2.30 bits per heavy atom. The van der Waals surface area contributed by atoms with E-state index in [-0.39, 0.29) is 10.1 Å². The topological polar surface area (TPSA) is 94.1 Å². The van der Waals surface area contributed by atoms with E-state index in [0.717, 1.165) is 36.5 Å². The van der Waals surface area contributed by atoms with Crippen LogP contribution in [0.1, 0.15) is 17.5 Å². The molecule has 0 atom stereocenters. The number of nitrogens with zero attached hydrogens (tertiary/aromatic N) is 2. The number of aryl methyl sites for hydroxylation is 1. The highest BCUT2D eigenvalue weighted by atomic mass is 32.2. The summed E-state index contributed by atoms with van der Waals surface area (Å²) in [6, 6.07) is 6.42. The van der Waals surface area contributed by atoms with E-state index >= 15 is 0 Å². The van der Waals surface area contributed by atoms with Crippen molar-refractivity contribution < 1.29 is 16.8 Å². The number of aromatic nitrogens is 2. The molecular formula is C15H16N2O4S2. The molecule has 1 aliphatic carbocycles. The molecule has 0 saturated carbocycles. The van der Waals surface area contributed by atoms with Gasteiger partial charge in [0, 0.05) is 12.5 Å². The van der Waals surface area contributed by atoms with Crippen molar-refractivity contribution in [1.82, 2.24) is 9.97 Å². The maximum atomic E-state index is 12.0. The third-order valence-electron chi connectivity index (χ3n) is 3.77. The van der Waals surface area contributed by atoms with Gasteiger partial charge < -0.3 is 0 Å². The lowest BCUT2D eigenvalue weighted by molar-refractivity contribution is 0.595. The molecule has 0 radical (unpaired) electrons. The number of hydrogen-bond acceptors (Lipinski definition) is 6. The zero-order chi connectivity index (χ0) is 16.8. The standard InChI is InChI=1S/C15H16N2O4S2/c1-22(18,19)14-8-4-7-12(16-14)13-9-10-5-3-6-11(10)15(17-13)23(2,20)21/h4,7-9H,3,5-6H2,1-2H3. The van der Waals surface area contributed by atoms with E-state index in [9.17, 15) is 16.8 Å². The Kier molecular flexibility index (Phi) is 3.76. The van der Waals surface area contributed by atoms with E-state index < -0.39 is 19.7 Å². The maximum Gasteiger partial charge on any atom is 0.193 e. The van der Waals surface area contributed by atoms with Crippen LogP contribution >= 0.6 is 0 Å². The Hall–Kier alpha value is -1.80. The summed E-state index contributed by atoms with van der Waals surface area (Å²) in [5, 5.41) is 0.0206. The van der Waals surface area contributed by atoms with Gasteiger partial charge in [0.05, 0.1) is 11.4 Å². The summed E-state index contributed by atoms with van der Waals surface area (Å²) in [6.45, 7) is 0. The summed E-state index contributed by atoms with van der Waals surface area (Å²) in [5.41, 5.74) is 2.46. The Balaban J connectivity index is 2.23. The Labute approximate surface area is 135 Å². The van der Waals surface area contributed by atoms with Crippen LogP contribution in [-0.2, 0) is 32.5 Å². The number of sulfone groups is 2. The second-order valence-corrected chi connectivity index (χ2v) is 9.60. The highest BCUT2D eigenvalue weighted by Gasteiger charge is 2.24. The van der Waals surface area contributed by atoms with Crippen LogP contribution in [0.2, 0.25) is 0 Å². The molecule has 0 fully saturated rings. The van der Waals surface area contributed by atoms with E-state index in [1.807, 2.05) is 6.07 Å². The molecule has 8 heteroatoms. The molecule has 0 saturated heterocycles. The van der Waals surface area contributed by atoms with Gasteiger partial charge in [-0.1, -0.05) is 6.07 Å². The van der Waals surface area contributed by atoms with E-state index in [1.165, 1.54) is 6.07 Å². The van der Waals surface area contributed by atoms with Crippen molar-refractivity contribution in [3.8, 4) is 11.4 Å². The van der Waals surface area contributed by atoms with E-state index in [1.54, 1.807) is 12.1 Å². The average molecular weight is 352 g/mol. The van der Waals surface area contributed by atoms with Crippen LogP contribution in [-0.4, -0.2) is 39.3 Å². The molecule has 23 heavy (non-hydrogen) atoms. The normalized spacial score (nSPS) is 14.7. The Bertz CT molecular complexity index is 996. The average Bonchev–Trinajstić information content (AvgIpc) is 2.92. The number of rotatable bonds is 3. The molecule has 3 rings (SSSR count). The van der Waals surface area contributed by atoms with Gasteiger partial charge in [0.2, 0.25) is 0 Å². The summed E-state index contributed by atoms with van der Waals surface area (Å²) in [7, 11) is -6.89. The minimum Gasteiger partial charge on any atom is -0.235 e. The Morgan fingerprint density at radius 1 is 0.913 bits per heavy atom. The molecule has 0 amide bonds. The van der Waals surface area contributed by atoms with E-state index in [2.05, 4.69) is 9.97 Å². The predicted octanol–water partition coefficient (Wildman–Crippen LogP) is 1.44. The van der Waals surface area contributed by atoms with Crippen molar-refractivity contribution in [2.45, 2.75) is 29.3 Å². The lowest BCUT2D eigenvalue weighted by atomic mass is 10.1. The largest absolute Gasteiger partial charge is 0.235 e. The minimum atomic E-state index is -3.45. The molecule has 1 aliphatic rings. The molecule has 0 N–H and O–H groups in total. The molecule has 0 bridgehead atoms. The Morgan fingerprint density at radius 2 is 1.65 bits per heavy atom. The molecule has 122 valence electrons. The van der Waals surface area contributed by atoms with Crippen LogP contribution in [0, 0.1) is 0 Å².